The molecule has 30 heavy (non-hydrogen) atoms. The molecule has 1 aromatic carbocycles. The van der Waals surface area contributed by atoms with Crippen molar-refractivity contribution >= 4 is 29.2 Å². The number of carbonyl (C=O) groups excluding carboxylic acids is 1. The molecule has 0 bridgehead atoms. The average molecular weight is 427 g/mol. The van der Waals surface area contributed by atoms with Crippen molar-refractivity contribution in [3.05, 3.63) is 24.3 Å². The minimum atomic E-state index is -0.373. The Morgan fingerprint density at radius 2 is 1.97 bits per heavy atom. The highest BCUT2D eigenvalue weighted by atomic mass is 32.1. The largest absolute Gasteiger partial charge is 0.421 e. The minimum absolute atomic E-state index is 0.0444. The first-order valence-corrected chi connectivity index (χ1v) is 11.2. The number of nitrogens with zero attached hydrogens (tertiary/aromatic N) is 6. The number of likely N-dealkylation sites (tertiary alicyclic amines) is 1. The van der Waals surface area contributed by atoms with E-state index in [4.69, 9.17) is 16.0 Å². The number of anilines is 1. The van der Waals surface area contributed by atoms with Gasteiger partial charge in [-0.3, -0.25) is 4.90 Å². The van der Waals surface area contributed by atoms with Crippen molar-refractivity contribution in [3.8, 4) is 16.6 Å². The van der Waals surface area contributed by atoms with Crippen LogP contribution in [0.3, 0.4) is 0 Å². The van der Waals surface area contributed by atoms with Crippen LogP contribution in [0.5, 0.6) is 0 Å². The second kappa shape index (κ2) is 8.30. The van der Waals surface area contributed by atoms with Gasteiger partial charge in [-0.05, 0) is 42.7 Å². The Morgan fingerprint density at radius 1 is 1.27 bits per heavy atom. The zero-order chi connectivity index (χ0) is 21.3. The second-order valence-corrected chi connectivity index (χ2v) is 9.20. The molecule has 0 saturated carbocycles. The van der Waals surface area contributed by atoms with Gasteiger partial charge in [0.05, 0.1) is 19.2 Å². The van der Waals surface area contributed by atoms with Gasteiger partial charge < -0.3 is 10.6 Å². The number of amides is 2. The van der Waals surface area contributed by atoms with E-state index in [0.29, 0.717) is 25.0 Å². The van der Waals surface area contributed by atoms with Crippen molar-refractivity contribution in [2.45, 2.75) is 26.3 Å². The van der Waals surface area contributed by atoms with E-state index in [1.807, 2.05) is 0 Å². The summed E-state index contributed by atoms with van der Waals surface area (Å²) in [4.78, 5) is 21.7. The predicted octanol–water partition coefficient (Wildman–Crippen LogP) is 2.66. The topological polar surface area (TPSA) is 99.1 Å². The molecule has 2 aromatic rings. The fourth-order valence-corrected chi connectivity index (χ4v) is 5.49. The van der Waals surface area contributed by atoms with Gasteiger partial charge in [0.25, 0.3) is 0 Å². The fraction of sp³-hybridized carbons (Fsp3) is 0.524. The van der Waals surface area contributed by atoms with E-state index in [1.54, 1.807) is 0 Å². The van der Waals surface area contributed by atoms with Gasteiger partial charge in [0.2, 0.25) is 0 Å². The molecule has 0 spiro atoms. The fourth-order valence-electron chi connectivity index (χ4n) is 4.77. The first kappa shape index (κ1) is 20.7. The van der Waals surface area contributed by atoms with Crippen LogP contribution in [0.25, 0.3) is 10.6 Å². The summed E-state index contributed by atoms with van der Waals surface area (Å²) in [5.41, 5.74) is 7.99. The number of nitriles is 1. The van der Waals surface area contributed by atoms with Crippen molar-refractivity contribution in [1.82, 2.24) is 18.7 Å². The van der Waals surface area contributed by atoms with Crippen molar-refractivity contribution in [2.75, 3.05) is 44.2 Å². The predicted molar refractivity (Wildman–Crippen MR) is 119 cm³/mol. The van der Waals surface area contributed by atoms with Crippen LogP contribution in [0.1, 0.15) is 20.3 Å². The zero-order valence-corrected chi connectivity index (χ0v) is 18.3. The first-order chi connectivity index (χ1) is 14.4. The molecule has 2 N–H and O–H groups in total. The lowest BCUT2D eigenvalue weighted by molar-refractivity contribution is 0.202. The van der Waals surface area contributed by atoms with Crippen molar-refractivity contribution in [2.24, 2.45) is 11.7 Å². The number of hydrogen-bond donors (Lipinski definition) is 1. The molecule has 3 heterocycles. The maximum Gasteiger partial charge on any atom is 0.421 e. The van der Waals surface area contributed by atoms with Gasteiger partial charge in [0.15, 0.2) is 0 Å². The molecular weight excluding hydrogens is 398 g/mol. The van der Waals surface area contributed by atoms with Crippen LogP contribution in [0.2, 0.25) is 0 Å². The van der Waals surface area contributed by atoms with Crippen LogP contribution >= 0.6 is 11.5 Å². The molecule has 2 saturated heterocycles. The number of primary amides is 1. The molecule has 0 radical (unpaired) electrons. The van der Waals surface area contributed by atoms with Gasteiger partial charge in [-0.1, -0.05) is 6.92 Å². The molecule has 2 amide bonds. The van der Waals surface area contributed by atoms with Crippen molar-refractivity contribution in [3.63, 3.8) is 0 Å². The summed E-state index contributed by atoms with van der Waals surface area (Å²) >= 11 is 1.32. The third kappa shape index (κ3) is 3.67. The van der Waals surface area contributed by atoms with E-state index in [9.17, 15) is 4.79 Å². The molecule has 158 valence electrons. The molecular formula is C21H28N7OS+. The highest BCUT2D eigenvalue weighted by molar-refractivity contribution is 7.09. The second-order valence-electron chi connectivity index (χ2n) is 8.45. The molecule has 4 rings (SSSR count). The quantitative estimate of drug-likeness (QED) is 0.596. The minimum Gasteiger partial charge on any atom is -0.369 e. The summed E-state index contributed by atoms with van der Waals surface area (Å²) in [7, 11) is 0. The van der Waals surface area contributed by atoms with Gasteiger partial charge in [0.1, 0.15) is 11.0 Å². The van der Waals surface area contributed by atoms with Gasteiger partial charge in [0, 0.05) is 49.8 Å². The lowest BCUT2D eigenvalue weighted by Crippen LogP contribution is -2.60. The molecule has 2 unspecified atom stereocenters. The number of aromatic nitrogens is 2. The number of quaternary nitrogens is 1. The highest BCUT2D eigenvalue weighted by Crippen LogP contribution is 2.37. The Bertz CT molecular complexity index is 945. The van der Waals surface area contributed by atoms with E-state index < -0.39 is 0 Å². The van der Waals surface area contributed by atoms with Crippen LogP contribution in [0, 0.1) is 17.2 Å². The molecule has 3 atom stereocenters. The normalized spacial score (nSPS) is 27.2. The van der Waals surface area contributed by atoms with E-state index in [1.165, 1.54) is 17.2 Å². The maximum absolute atomic E-state index is 12.4. The SMILES string of the molecule is CC1C[C@H](C)C[N+]1(C(N)=O)c1nsc(-c2ccc(N3CCN(CC#N)CC3)cc2)n1. The third-order valence-corrected chi connectivity index (χ3v) is 7.16. The van der Waals surface area contributed by atoms with Crippen LogP contribution < -0.4 is 15.1 Å². The smallest absolute Gasteiger partial charge is 0.369 e. The number of piperazine rings is 1. The van der Waals surface area contributed by atoms with E-state index in [-0.39, 0.29) is 16.6 Å². The van der Waals surface area contributed by atoms with Crippen LogP contribution in [0.15, 0.2) is 24.3 Å². The number of carbonyl (C=O) groups is 1. The summed E-state index contributed by atoms with van der Waals surface area (Å²) in [6, 6.07) is 10.3. The Hall–Kier alpha value is -2.54. The molecule has 0 aliphatic carbocycles. The van der Waals surface area contributed by atoms with Crippen molar-refractivity contribution in [1.29, 1.82) is 5.26 Å². The van der Waals surface area contributed by atoms with E-state index in [2.05, 4.69) is 58.4 Å². The van der Waals surface area contributed by atoms with Gasteiger partial charge in [-0.15, -0.1) is 4.37 Å². The zero-order valence-electron chi connectivity index (χ0n) is 17.5. The highest BCUT2D eigenvalue weighted by Gasteiger charge is 2.52. The monoisotopic (exact) mass is 426 g/mol. The summed E-state index contributed by atoms with van der Waals surface area (Å²) in [6.45, 7) is 8.98. The maximum atomic E-state index is 12.4. The number of urea groups is 1. The summed E-state index contributed by atoms with van der Waals surface area (Å²) in [6.07, 6.45) is 0.938. The van der Waals surface area contributed by atoms with Crippen LogP contribution in [0.4, 0.5) is 16.4 Å². The van der Waals surface area contributed by atoms with Gasteiger partial charge in [-0.25, -0.2) is 4.79 Å². The first-order valence-electron chi connectivity index (χ1n) is 10.4. The number of hydrogen-bond acceptors (Lipinski definition) is 7. The summed E-state index contributed by atoms with van der Waals surface area (Å²) in [5, 5.41) is 9.65. The average Bonchev–Trinajstić information content (AvgIpc) is 3.34. The van der Waals surface area contributed by atoms with Gasteiger partial charge >= 0.3 is 12.0 Å². The van der Waals surface area contributed by atoms with Gasteiger partial charge in [-0.2, -0.15) is 14.7 Å². The molecule has 8 nitrogen and oxygen atoms in total. The Kier molecular flexibility index (Phi) is 5.73. The van der Waals surface area contributed by atoms with Crippen molar-refractivity contribution < 1.29 is 4.79 Å². The molecule has 2 fully saturated rings. The summed E-state index contributed by atoms with van der Waals surface area (Å²) in [5.74, 6) is 0.935. The Labute approximate surface area is 181 Å². The third-order valence-electron chi connectivity index (χ3n) is 6.41. The number of nitrogens with two attached hydrogens (primary N) is 1. The molecule has 1 aromatic heterocycles. The van der Waals surface area contributed by atoms with E-state index >= 15 is 0 Å². The molecule has 2 aliphatic heterocycles. The molecule has 9 heteroatoms. The Morgan fingerprint density at radius 3 is 2.53 bits per heavy atom. The van der Waals surface area contributed by atoms with Crippen LogP contribution in [-0.4, -0.2) is 65.6 Å². The van der Waals surface area contributed by atoms with E-state index in [0.717, 1.165) is 43.2 Å². The summed E-state index contributed by atoms with van der Waals surface area (Å²) < 4.78 is 4.59. The molecule has 2 aliphatic rings. The van der Waals surface area contributed by atoms with Crippen LogP contribution in [-0.2, 0) is 0 Å². The Balaban J connectivity index is 1.51. The lowest BCUT2D eigenvalue weighted by Gasteiger charge is -2.34. The standard InChI is InChI=1S/C21H27N7OS/c1-15-13-16(2)28(14-15,20(23)29)21-24-19(30-25-21)17-3-5-18(6-4-17)27-11-9-26(8-7-22)10-12-27/h3-6,15-16H,8-14H2,1-2H3,(H-,23,29)/p+1/t15-,16?,28?/m0/s1. The number of benzene rings is 1. The lowest BCUT2D eigenvalue weighted by atomic mass is 10.1. The number of rotatable bonds is 4.